The van der Waals surface area contributed by atoms with E-state index in [1.807, 2.05) is 20.8 Å². The Labute approximate surface area is 95.3 Å². The Hall–Kier alpha value is 0.220. The molecule has 0 radical (unpaired) electrons. The lowest BCUT2D eigenvalue weighted by molar-refractivity contribution is 1.16. The largest absolute Gasteiger partial charge is 0.377 e. The van der Waals surface area contributed by atoms with Crippen molar-refractivity contribution in [2.75, 3.05) is 5.75 Å². The molecule has 0 bridgehead atoms. The van der Waals surface area contributed by atoms with E-state index in [2.05, 4.69) is 10.2 Å². The molecule has 0 aromatic heterocycles. The molecule has 0 aliphatic rings. The van der Waals surface area contributed by atoms with Gasteiger partial charge in [-0.1, -0.05) is 25.6 Å². The second-order valence-electron chi connectivity index (χ2n) is 2.06. The average molecular weight is 301 g/mol. The average Bonchev–Trinajstić information content (AvgIpc) is 2.01. The number of hydrogen-bond acceptors (Lipinski definition) is 3. The van der Waals surface area contributed by atoms with Crippen LogP contribution in [0.3, 0.4) is 0 Å². The van der Waals surface area contributed by atoms with Crippen LogP contribution in [0.2, 0.25) is 0 Å². The van der Waals surface area contributed by atoms with Gasteiger partial charge in [0.15, 0.2) is 5.17 Å². The number of rotatable bonds is 3. The zero-order valence-electron chi connectivity index (χ0n) is 7.70. The third-order valence-electron chi connectivity index (χ3n) is 1.12. The zero-order chi connectivity index (χ0) is 8.69. The number of nitrogens with two attached hydrogens (primary N) is 1. The fourth-order valence-electron chi connectivity index (χ4n) is 0.382. The summed E-state index contributed by atoms with van der Waals surface area (Å²) in [6.45, 7) is 6.01. The minimum Gasteiger partial charge on any atom is -0.377 e. The first-order valence-electron chi connectivity index (χ1n) is 3.70. The van der Waals surface area contributed by atoms with Crippen LogP contribution >= 0.6 is 35.7 Å². The van der Waals surface area contributed by atoms with Crippen LogP contribution in [0, 0.1) is 0 Å². The molecule has 0 rings (SSSR count). The lowest BCUT2D eigenvalue weighted by Gasteiger charge is -1.93. The van der Waals surface area contributed by atoms with Gasteiger partial charge in [-0.2, -0.15) is 5.10 Å². The van der Waals surface area contributed by atoms with Crippen molar-refractivity contribution in [1.29, 1.82) is 0 Å². The van der Waals surface area contributed by atoms with Crippen LogP contribution in [0.1, 0.15) is 27.2 Å². The summed E-state index contributed by atoms with van der Waals surface area (Å²) < 4.78 is 0. The van der Waals surface area contributed by atoms with Crippen molar-refractivity contribution < 1.29 is 0 Å². The molecule has 2 N–H and O–H groups in total. The van der Waals surface area contributed by atoms with Gasteiger partial charge in [0.2, 0.25) is 0 Å². The van der Waals surface area contributed by atoms with E-state index < -0.39 is 0 Å². The highest BCUT2D eigenvalue weighted by molar-refractivity contribution is 14.0. The minimum atomic E-state index is 0. The first-order chi connectivity index (χ1) is 5.20. The maximum Gasteiger partial charge on any atom is 0.180 e. The lowest BCUT2D eigenvalue weighted by atomic mass is 10.3. The Balaban J connectivity index is 0. The quantitative estimate of drug-likeness (QED) is 0.377. The van der Waals surface area contributed by atoms with Crippen LogP contribution < -0.4 is 5.73 Å². The van der Waals surface area contributed by atoms with Gasteiger partial charge in [-0.25, -0.2) is 0 Å². The molecular weight excluding hydrogens is 285 g/mol. The Morgan fingerprint density at radius 3 is 2.33 bits per heavy atom. The third kappa shape index (κ3) is 8.32. The highest BCUT2D eigenvalue weighted by atomic mass is 127. The molecule has 0 amide bonds. The number of amidine groups is 1. The van der Waals surface area contributed by atoms with Gasteiger partial charge in [0, 0.05) is 5.71 Å². The monoisotopic (exact) mass is 301 g/mol. The van der Waals surface area contributed by atoms with Crippen LogP contribution in [-0.2, 0) is 0 Å². The predicted molar refractivity (Wildman–Crippen MR) is 68.6 cm³/mol. The van der Waals surface area contributed by atoms with Crippen LogP contribution in [0.25, 0.3) is 0 Å². The van der Waals surface area contributed by atoms with Crippen molar-refractivity contribution >= 4 is 46.6 Å². The molecule has 0 saturated carbocycles. The molecule has 5 heteroatoms. The minimum absolute atomic E-state index is 0. The van der Waals surface area contributed by atoms with Crippen molar-refractivity contribution in [3.63, 3.8) is 0 Å². The maximum absolute atomic E-state index is 5.49. The summed E-state index contributed by atoms with van der Waals surface area (Å²) in [5, 5.41) is 8.29. The standard InChI is InChI=1S/C7H15N3S.HI/c1-4-6(3)9-10-7(8)11-5-2;/h4-5H2,1-3H3,(H2,8,10);1H. The van der Waals surface area contributed by atoms with Gasteiger partial charge in [0.05, 0.1) is 0 Å². The topological polar surface area (TPSA) is 50.7 Å². The van der Waals surface area contributed by atoms with Crippen molar-refractivity contribution in [2.45, 2.75) is 27.2 Å². The molecular formula is C7H16IN3S. The summed E-state index contributed by atoms with van der Waals surface area (Å²) in [7, 11) is 0. The highest BCUT2D eigenvalue weighted by Crippen LogP contribution is 1.98. The number of halogens is 1. The molecule has 0 saturated heterocycles. The zero-order valence-corrected chi connectivity index (χ0v) is 10.8. The maximum atomic E-state index is 5.49. The smallest absolute Gasteiger partial charge is 0.180 e. The Morgan fingerprint density at radius 1 is 1.33 bits per heavy atom. The SMILES string of the molecule is CCSC(N)=NN=C(C)CC.I. The summed E-state index contributed by atoms with van der Waals surface area (Å²) >= 11 is 1.50. The summed E-state index contributed by atoms with van der Waals surface area (Å²) in [5.74, 6) is 0.941. The van der Waals surface area contributed by atoms with Crippen LogP contribution in [0.15, 0.2) is 10.2 Å². The second kappa shape index (κ2) is 9.31. The summed E-state index contributed by atoms with van der Waals surface area (Å²) in [6, 6.07) is 0. The van der Waals surface area contributed by atoms with Gasteiger partial charge >= 0.3 is 0 Å². The Kier molecular flexibility index (Phi) is 11.4. The third-order valence-corrected chi connectivity index (χ3v) is 1.79. The number of thioether (sulfide) groups is 1. The van der Waals surface area contributed by atoms with Crippen molar-refractivity contribution in [1.82, 2.24) is 0 Å². The molecule has 0 aliphatic heterocycles. The molecule has 3 nitrogen and oxygen atoms in total. The van der Waals surface area contributed by atoms with E-state index in [1.165, 1.54) is 11.8 Å². The fourth-order valence-corrected chi connectivity index (χ4v) is 0.776. The second-order valence-corrected chi connectivity index (χ2v) is 3.34. The number of nitrogens with zero attached hydrogens (tertiary/aromatic N) is 2. The first kappa shape index (κ1) is 14.7. The molecule has 0 aromatic rings. The predicted octanol–water partition coefficient (Wildman–Crippen LogP) is 2.46. The van der Waals surface area contributed by atoms with Gasteiger partial charge in [-0.3, -0.25) is 0 Å². The van der Waals surface area contributed by atoms with Crippen molar-refractivity contribution in [3.8, 4) is 0 Å². The summed E-state index contributed by atoms with van der Waals surface area (Å²) in [4.78, 5) is 0. The lowest BCUT2D eigenvalue weighted by Crippen LogP contribution is -2.06. The van der Waals surface area contributed by atoms with Gasteiger partial charge < -0.3 is 5.73 Å². The van der Waals surface area contributed by atoms with E-state index >= 15 is 0 Å². The van der Waals surface area contributed by atoms with E-state index in [9.17, 15) is 0 Å². The van der Waals surface area contributed by atoms with E-state index in [1.54, 1.807) is 0 Å². The van der Waals surface area contributed by atoms with Crippen LogP contribution in [0.5, 0.6) is 0 Å². The van der Waals surface area contributed by atoms with E-state index in [0.29, 0.717) is 5.17 Å². The van der Waals surface area contributed by atoms with E-state index in [4.69, 9.17) is 5.73 Å². The summed E-state index contributed by atoms with van der Waals surface area (Å²) in [6.07, 6.45) is 0.924. The van der Waals surface area contributed by atoms with Crippen molar-refractivity contribution in [2.24, 2.45) is 15.9 Å². The van der Waals surface area contributed by atoms with E-state index in [-0.39, 0.29) is 24.0 Å². The van der Waals surface area contributed by atoms with Gasteiger partial charge in [0.1, 0.15) is 0 Å². The fraction of sp³-hybridized carbons (Fsp3) is 0.714. The summed E-state index contributed by atoms with van der Waals surface area (Å²) in [5.41, 5.74) is 6.50. The molecule has 0 spiro atoms. The molecule has 0 aromatic carbocycles. The van der Waals surface area contributed by atoms with E-state index in [0.717, 1.165) is 17.9 Å². The van der Waals surface area contributed by atoms with Gasteiger partial charge in [0.25, 0.3) is 0 Å². The highest BCUT2D eigenvalue weighted by Gasteiger charge is 1.88. The van der Waals surface area contributed by atoms with Gasteiger partial charge in [-0.15, -0.1) is 29.1 Å². The molecule has 12 heavy (non-hydrogen) atoms. The molecule has 0 atom stereocenters. The Bertz CT molecular complexity index is 168. The van der Waals surface area contributed by atoms with Crippen LogP contribution in [0.4, 0.5) is 0 Å². The molecule has 0 aliphatic carbocycles. The van der Waals surface area contributed by atoms with Crippen LogP contribution in [-0.4, -0.2) is 16.6 Å². The first-order valence-corrected chi connectivity index (χ1v) is 4.68. The Morgan fingerprint density at radius 2 is 1.92 bits per heavy atom. The molecule has 0 heterocycles. The normalized spacial score (nSPS) is 12.6. The molecule has 0 unspecified atom stereocenters. The number of hydrogen-bond donors (Lipinski definition) is 1. The molecule has 72 valence electrons. The van der Waals surface area contributed by atoms with Crippen molar-refractivity contribution in [3.05, 3.63) is 0 Å². The molecule has 0 fully saturated rings. The van der Waals surface area contributed by atoms with Gasteiger partial charge in [-0.05, 0) is 19.1 Å².